The number of hydrogen-bond donors (Lipinski definition) is 3. The third kappa shape index (κ3) is 3.26. The van der Waals surface area contributed by atoms with E-state index in [-0.39, 0.29) is 23.7 Å². The molecule has 1 heterocycles. The molecule has 0 spiro atoms. The molecule has 1 amide bonds. The van der Waals surface area contributed by atoms with Crippen molar-refractivity contribution in [2.75, 3.05) is 0 Å². The number of aromatic amines is 1. The van der Waals surface area contributed by atoms with Crippen molar-refractivity contribution in [2.45, 2.75) is 25.9 Å². The van der Waals surface area contributed by atoms with Crippen molar-refractivity contribution in [3.8, 4) is 22.6 Å². The number of primary amides is 1. The van der Waals surface area contributed by atoms with Gasteiger partial charge in [0.1, 0.15) is 11.5 Å². The predicted octanol–water partition coefficient (Wildman–Crippen LogP) is 3.52. The number of nitrogens with zero attached hydrogens (tertiary/aromatic N) is 1. The molecule has 138 valence electrons. The van der Waals surface area contributed by atoms with Gasteiger partial charge in [0.15, 0.2) is 0 Å². The van der Waals surface area contributed by atoms with Crippen molar-refractivity contribution in [3.63, 3.8) is 0 Å². The SMILES string of the molecule is CC=C(C(N)=O)C1CC(Oc2cc(-c3ccc(O)cc3)cc3[nH]ncc23)C1. The Hall–Kier alpha value is -3.28. The molecule has 4 rings (SSSR count). The fourth-order valence-corrected chi connectivity index (χ4v) is 3.61. The fraction of sp³-hybridized carbons (Fsp3) is 0.238. The first kappa shape index (κ1) is 17.1. The highest BCUT2D eigenvalue weighted by Gasteiger charge is 2.35. The second kappa shape index (κ2) is 6.79. The van der Waals surface area contributed by atoms with Crippen LogP contribution in [0.25, 0.3) is 22.0 Å². The van der Waals surface area contributed by atoms with Gasteiger partial charge in [0.25, 0.3) is 0 Å². The van der Waals surface area contributed by atoms with Gasteiger partial charge >= 0.3 is 0 Å². The number of nitrogens with one attached hydrogen (secondary N) is 1. The number of hydrogen-bond acceptors (Lipinski definition) is 4. The van der Waals surface area contributed by atoms with Gasteiger partial charge in [-0.3, -0.25) is 9.89 Å². The van der Waals surface area contributed by atoms with Crippen molar-refractivity contribution >= 4 is 16.8 Å². The Kier molecular flexibility index (Phi) is 4.32. The first-order valence-electron chi connectivity index (χ1n) is 8.94. The number of H-pyrrole nitrogens is 1. The van der Waals surface area contributed by atoms with E-state index >= 15 is 0 Å². The summed E-state index contributed by atoms with van der Waals surface area (Å²) in [6.45, 7) is 1.84. The molecule has 4 N–H and O–H groups in total. The van der Waals surface area contributed by atoms with Crippen LogP contribution in [0.2, 0.25) is 0 Å². The molecule has 2 aromatic carbocycles. The predicted molar refractivity (Wildman–Crippen MR) is 103 cm³/mol. The van der Waals surface area contributed by atoms with Gasteiger partial charge in [-0.15, -0.1) is 0 Å². The molecule has 0 atom stereocenters. The van der Waals surface area contributed by atoms with Crippen molar-refractivity contribution in [2.24, 2.45) is 11.7 Å². The Labute approximate surface area is 156 Å². The Morgan fingerprint density at radius 2 is 2.00 bits per heavy atom. The molecule has 1 fully saturated rings. The third-order valence-electron chi connectivity index (χ3n) is 5.15. The summed E-state index contributed by atoms with van der Waals surface area (Å²) in [4.78, 5) is 11.5. The highest BCUT2D eigenvalue weighted by Crippen LogP contribution is 2.39. The molecular weight excluding hydrogens is 342 g/mol. The van der Waals surface area contributed by atoms with Crippen LogP contribution < -0.4 is 10.5 Å². The molecule has 0 bridgehead atoms. The number of phenolic OH excluding ortho intramolecular Hbond substituents is 1. The van der Waals surface area contributed by atoms with E-state index in [1.165, 1.54) is 0 Å². The number of carbonyl (C=O) groups is 1. The third-order valence-corrected chi connectivity index (χ3v) is 5.15. The number of nitrogens with two attached hydrogens (primary N) is 1. The highest BCUT2D eigenvalue weighted by molar-refractivity contribution is 5.92. The summed E-state index contributed by atoms with van der Waals surface area (Å²) in [5, 5.41) is 17.5. The maximum atomic E-state index is 11.5. The molecule has 0 aliphatic heterocycles. The van der Waals surface area contributed by atoms with Crippen LogP contribution >= 0.6 is 0 Å². The molecular formula is C21H21N3O3. The normalized spacial score (nSPS) is 19.7. The zero-order valence-electron chi connectivity index (χ0n) is 15.0. The summed E-state index contributed by atoms with van der Waals surface area (Å²) in [7, 11) is 0. The van der Waals surface area contributed by atoms with Gasteiger partial charge in [0, 0.05) is 5.57 Å². The van der Waals surface area contributed by atoms with E-state index in [0.717, 1.165) is 40.6 Å². The maximum absolute atomic E-state index is 11.5. The molecule has 1 aliphatic rings. The van der Waals surface area contributed by atoms with E-state index in [1.54, 1.807) is 24.4 Å². The van der Waals surface area contributed by atoms with Crippen molar-refractivity contribution in [1.29, 1.82) is 0 Å². The van der Waals surface area contributed by atoms with E-state index in [4.69, 9.17) is 10.5 Å². The number of carbonyl (C=O) groups excluding carboxylic acids is 1. The zero-order valence-corrected chi connectivity index (χ0v) is 15.0. The number of rotatable bonds is 5. The smallest absolute Gasteiger partial charge is 0.244 e. The molecule has 6 heteroatoms. The topological polar surface area (TPSA) is 101 Å². The first-order valence-corrected chi connectivity index (χ1v) is 8.94. The van der Waals surface area contributed by atoms with Gasteiger partial charge in [0.05, 0.1) is 23.2 Å². The van der Waals surface area contributed by atoms with Gasteiger partial charge < -0.3 is 15.6 Å². The van der Waals surface area contributed by atoms with E-state index in [1.807, 2.05) is 31.2 Å². The van der Waals surface area contributed by atoms with E-state index < -0.39 is 0 Å². The number of phenols is 1. The number of fused-ring (bicyclic) bond motifs is 1. The minimum atomic E-state index is -0.354. The van der Waals surface area contributed by atoms with Crippen molar-refractivity contribution in [1.82, 2.24) is 10.2 Å². The van der Waals surface area contributed by atoms with Gasteiger partial charge in [-0.2, -0.15) is 5.10 Å². The van der Waals surface area contributed by atoms with Gasteiger partial charge in [0.2, 0.25) is 5.91 Å². The molecule has 0 radical (unpaired) electrons. The second-order valence-corrected chi connectivity index (χ2v) is 6.87. The monoisotopic (exact) mass is 363 g/mol. The fourth-order valence-electron chi connectivity index (χ4n) is 3.61. The van der Waals surface area contributed by atoms with Crippen molar-refractivity contribution < 1.29 is 14.6 Å². The molecule has 27 heavy (non-hydrogen) atoms. The summed E-state index contributed by atoms with van der Waals surface area (Å²) in [5.41, 5.74) is 8.95. The van der Waals surface area contributed by atoms with Gasteiger partial charge in [-0.05, 0) is 61.1 Å². The minimum Gasteiger partial charge on any atom is -0.508 e. The molecule has 3 aromatic rings. The minimum absolute atomic E-state index is 0.0393. The molecule has 1 saturated carbocycles. The Balaban J connectivity index is 1.58. The van der Waals surface area contributed by atoms with Crippen LogP contribution in [0.5, 0.6) is 11.5 Å². The van der Waals surface area contributed by atoms with Crippen LogP contribution in [0, 0.1) is 5.92 Å². The van der Waals surface area contributed by atoms with Crippen LogP contribution in [0.3, 0.4) is 0 Å². The standard InChI is InChI=1S/C21H21N3O3/c1-2-17(21(22)26)14-7-16(8-14)27-20-10-13(9-19-18(20)11-23-24-19)12-3-5-15(25)6-4-12/h2-6,9-11,14,16,25H,7-8H2,1H3,(H2,22,26)(H,23,24). The maximum Gasteiger partial charge on any atom is 0.244 e. The summed E-state index contributed by atoms with van der Waals surface area (Å²) in [6.07, 6.45) is 5.12. The average Bonchev–Trinajstić information content (AvgIpc) is 3.09. The van der Waals surface area contributed by atoms with Gasteiger partial charge in [-0.25, -0.2) is 0 Å². The highest BCUT2D eigenvalue weighted by atomic mass is 16.5. The quantitative estimate of drug-likeness (QED) is 0.604. The summed E-state index contributed by atoms with van der Waals surface area (Å²) in [6, 6.07) is 11.0. The number of ether oxygens (including phenoxy) is 1. The van der Waals surface area contributed by atoms with E-state index in [9.17, 15) is 9.90 Å². The Morgan fingerprint density at radius 3 is 2.67 bits per heavy atom. The van der Waals surface area contributed by atoms with Crippen LogP contribution in [0.1, 0.15) is 19.8 Å². The molecule has 1 aliphatic carbocycles. The Bertz CT molecular complexity index is 1010. The van der Waals surface area contributed by atoms with Gasteiger partial charge in [-0.1, -0.05) is 18.2 Å². The number of aromatic hydroxyl groups is 1. The lowest BCUT2D eigenvalue weighted by molar-refractivity contribution is -0.115. The Morgan fingerprint density at radius 1 is 1.26 bits per heavy atom. The largest absolute Gasteiger partial charge is 0.508 e. The van der Waals surface area contributed by atoms with Crippen LogP contribution in [-0.4, -0.2) is 27.3 Å². The summed E-state index contributed by atoms with van der Waals surface area (Å²) in [5.74, 6) is 0.798. The lowest BCUT2D eigenvalue weighted by atomic mass is 9.76. The lowest BCUT2D eigenvalue weighted by Gasteiger charge is -2.36. The first-order chi connectivity index (χ1) is 13.0. The number of benzene rings is 2. The lowest BCUT2D eigenvalue weighted by Crippen LogP contribution is -2.37. The van der Waals surface area contributed by atoms with Crippen LogP contribution in [0.4, 0.5) is 0 Å². The number of amides is 1. The van der Waals surface area contributed by atoms with Crippen LogP contribution in [0.15, 0.2) is 54.2 Å². The number of allylic oxidation sites excluding steroid dienone is 1. The van der Waals surface area contributed by atoms with E-state index in [2.05, 4.69) is 10.2 Å². The zero-order chi connectivity index (χ0) is 19.0. The summed E-state index contributed by atoms with van der Waals surface area (Å²) >= 11 is 0. The molecule has 6 nitrogen and oxygen atoms in total. The second-order valence-electron chi connectivity index (χ2n) is 6.87. The molecule has 0 unspecified atom stereocenters. The number of aromatic nitrogens is 2. The van der Waals surface area contributed by atoms with E-state index in [0.29, 0.717) is 5.57 Å². The van der Waals surface area contributed by atoms with Crippen LogP contribution in [-0.2, 0) is 4.79 Å². The molecule has 1 aromatic heterocycles. The van der Waals surface area contributed by atoms with Crippen molar-refractivity contribution in [3.05, 3.63) is 54.2 Å². The summed E-state index contributed by atoms with van der Waals surface area (Å²) < 4.78 is 6.22. The molecule has 0 saturated heterocycles. The average molecular weight is 363 g/mol.